The normalized spacial score (nSPS) is 12.9. The quantitative estimate of drug-likeness (QED) is 0.306. The first-order valence-electron chi connectivity index (χ1n) is 6.60. The third-order valence-electron chi connectivity index (χ3n) is 2.94. The van der Waals surface area contributed by atoms with Gasteiger partial charge in [-0.3, -0.25) is 19.7 Å². The van der Waals surface area contributed by atoms with E-state index in [9.17, 15) is 19.7 Å². The van der Waals surface area contributed by atoms with Crippen LogP contribution in [0.4, 0.5) is 0 Å². The average molecular weight is 289 g/mol. The van der Waals surface area contributed by atoms with Crippen molar-refractivity contribution in [1.29, 1.82) is 0 Å². The fourth-order valence-electron chi connectivity index (χ4n) is 1.93. The summed E-state index contributed by atoms with van der Waals surface area (Å²) in [6.07, 6.45) is 0. The topological polar surface area (TPSA) is 95.7 Å². The van der Waals surface area contributed by atoms with Gasteiger partial charge in [-0.2, -0.15) is 0 Å². The highest BCUT2D eigenvalue weighted by atomic mass is 16.6. The Morgan fingerprint density at radius 2 is 1.50 bits per heavy atom. The molecule has 7 nitrogen and oxygen atoms in total. The van der Waals surface area contributed by atoms with Gasteiger partial charge in [0.2, 0.25) is 6.54 Å². The van der Waals surface area contributed by atoms with Gasteiger partial charge >= 0.3 is 11.9 Å². The van der Waals surface area contributed by atoms with E-state index < -0.39 is 40.7 Å². The van der Waals surface area contributed by atoms with Crippen molar-refractivity contribution in [3.63, 3.8) is 0 Å². The highest BCUT2D eigenvalue weighted by molar-refractivity contribution is 5.95. The summed E-state index contributed by atoms with van der Waals surface area (Å²) in [7, 11) is 0. The minimum Gasteiger partial charge on any atom is -0.465 e. The van der Waals surface area contributed by atoms with E-state index in [2.05, 4.69) is 0 Å². The molecule has 0 aromatic carbocycles. The Morgan fingerprint density at radius 1 is 1.10 bits per heavy atom. The number of rotatable bonds is 7. The van der Waals surface area contributed by atoms with Gasteiger partial charge in [0.15, 0.2) is 5.92 Å². The number of carbonyl (C=O) groups is 2. The maximum absolute atomic E-state index is 12.0. The lowest BCUT2D eigenvalue weighted by atomic mass is 9.73. The highest BCUT2D eigenvalue weighted by Gasteiger charge is 2.46. The van der Waals surface area contributed by atoms with Crippen molar-refractivity contribution >= 4 is 11.9 Å². The molecule has 20 heavy (non-hydrogen) atoms. The molecule has 0 saturated heterocycles. The number of ether oxygens (including phenoxy) is 2. The molecule has 0 N–H and O–H groups in total. The molecule has 0 aliphatic carbocycles. The summed E-state index contributed by atoms with van der Waals surface area (Å²) in [5.74, 6) is -3.61. The minimum atomic E-state index is -1.28. The number of carbonyl (C=O) groups excluding carboxylic acids is 2. The van der Waals surface area contributed by atoms with Crippen LogP contribution >= 0.6 is 0 Å². The lowest BCUT2D eigenvalue weighted by molar-refractivity contribution is -0.492. The summed E-state index contributed by atoms with van der Waals surface area (Å²) in [6.45, 7) is 8.16. The van der Waals surface area contributed by atoms with Crippen molar-refractivity contribution in [1.82, 2.24) is 0 Å². The van der Waals surface area contributed by atoms with Gasteiger partial charge in [-0.25, -0.2) is 0 Å². The van der Waals surface area contributed by atoms with Crippen LogP contribution in [0.15, 0.2) is 0 Å². The first kappa shape index (κ1) is 18.3. The van der Waals surface area contributed by atoms with Gasteiger partial charge in [0.05, 0.1) is 19.1 Å². The van der Waals surface area contributed by atoms with Crippen LogP contribution in [0, 0.1) is 27.4 Å². The molecule has 7 heteroatoms. The summed E-state index contributed by atoms with van der Waals surface area (Å²) in [6, 6.07) is 0. The Labute approximate surface area is 118 Å². The lowest BCUT2D eigenvalue weighted by Crippen LogP contribution is -2.43. The molecule has 0 aliphatic heterocycles. The summed E-state index contributed by atoms with van der Waals surface area (Å²) in [5, 5.41) is 10.8. The van der Waals surface area contributed by atoms with Crippen molar-refractivity contribution in [2.45, 2.75) is 34.6 Å². The molecule has 0 spiro atoms. The second-order valence-corrected chi connectivity index (χ2v) is 5.47. The van der Waals surface area contributed by atoms with Gasteiger partial charge in [-0.1, -0.05) is 20.8 Å². The third kappa shape index (κ3) is 5.54. The molecule has 0 aliphatic rings. The molecule has 0 saturated carbocycles. The molecule has 116 valence electrons. The van der Waals surface area contributed by atoms with E-state index in [0.29, 0.717) is 0 Å². The first-order valence-corrected chi connectivity index (χ1v) is 6.60. The molecule has 0 radical (unpaired) electrons. The zero-order valence-electron chi connectivity index (χ0n) is 12.7. The number of nitro groups is 1. The second-order valence-electron chi connectivity index (χ2n) is 5.47. The first-order chi connectivity index (χ1) is 9.15. The van der Waals surface area contributed by atoms with Crippen LogP contribution in [-0.4, -0.2) is 36.6 Å². The van der Waals surface area contributed by atoms with E-state index in [1.165, 1.54) is 0 Å². The number of esters is 2. The van der Waals surface area contributed by atoms with E-state index in [1.54, 1.807) is 34.6 Å². The van der Waals surface area contributed by atoms with Gasteiger partial charge in [-0.05, 0) is 19.3 Å². The monoisotopic (exact) mass is 289 g/mol. The molecule has 0 heterocycles. The van der Waals surface area contributed by atoms with Gasteiger partial charge in [0.1, 0.15) is 0 Å². The molecule has 0 fully saturated rings. The van der Waals surface area contributed by atoms with Crippen molar-refractivity contribution in [2.75, 3.05) is 19.8 Å². The average Bonchev–Trinajstić information content (AvgIpc) is 2.27. The Hall–Kier alpha value is -1.66. The number of hydrogen-bond donors (Lipinski definition) is 0. The van der Waals surface area contributed by atoms with Crippen molar-refractivity contribution in [2.24, 2.45) is 17.3 Å². The van der Waals surface area contributed by atoms with E-state index in [4.69, 9.17) is 9.47 Å². The zero-order valence-corrected chi connectivity index (χ0v) is 12.7. The van der Waals surface area contributed by atoms with Gasteiger partial charge in [-0.15, -0.1) is 0 Å². The lowest BCUT2D eigenvalue weighted by Gasteiger charge is -2.31. The third-order valence-corrected chi connectivity index (χ3v) is 2.94. The molecule has 0 aromatic heterocycles. The number of hydrogen-bond acceptors (Lipinski definition) is 6. The predicted molar refractivity (Wildman–Crippen MR) is 71.6 cm³/mol. The van der Waals surface area contributed by atoms with E-state index >= 15 is 0 Å². The highest BCUT2D eigenvalue weighted by Crippen LogP contribution is 2.34. The van der Waals surface area contributed by atoms with Crippen LogP contribution in [0.1, 0.15) is 34.6 Å². The summed E-state index contributed by atoms with van der Waals surface area (Å²) in [5.41, 5.74) is -0.614. The predicted octanol–water partition coefficient (Wildman–Crippen LogP) is 1.67. The Balaban J connectivity index is 5.45. The van der Waals surface area contributed by atoms with Crippen LogP contribution < -0.4 is 0 Å². The molecule has 0 amide bonds. The maximum atomic E-state index is 12.0. The van der Waals surface area contributed by atoms with E-state index in [1.807, 2.05) is 0 Å². The van der Waals surface area contributed by atoms with Gasteiger partial charge < -0.3 is 9.47 Å². The zero-order chi connectivity index (χ0) is 15.9. The van der Waals surface area contributed by atoms with Crippen LogP contribution in [-0.2, 0) is 19.1 Å². The molecule has 0 bridgehead atoms. The van der Waals surface area contributed by atoms with Crippen LogP contribution in [0.5, 0.6) is 0 Å². The SMILES string of the molecule is CCOC(=O)C(C(=O)OCC)[C@@H](C[N+](=O)[O-])C(C)(C)C. The largest absolute Gasteiger partial charge is 0.465 e. The summed E-state index contributed by atoms with van der Waals surface area (Å²) < 4.78 is 9.73. The molecular weight excluding hydrogens is 266 g/mol. The Bertz CT molecular complexity index is 342. The summed E-state index contributed by atoms with van der Waals surface area (Å²) >= 11 is 0. The Morgan fingerprint density at radius 3 is 1.75 bits per heavy atom. The van der Waals surface area contributed by atoms with E-state index in [-0.39, 0.29) is 13.2 Å². The fourth-order valence-corrected chi connectivity index (χ4v) is 1.93. The smallest absolute Gasteiger partial charge is 0.320 e. The molecule has 1 atom stereocenters. The Kier molecular flexibility index (Phi) is 7.17. The molecular formula is C13H23NO6. The van der Waals surface area contributed by atoms with Gasteiger partial charge in [0, 0.05) is 4.92 Å². The molecule has 0 rings (SSSR count). The maximum Gasteiger partial charge on any atom is 0.320 e. The molecule has 0 unspecified atom stereocenters. The fraction of sp³-hybridized carbons (Fsp3) is 0.846. The van der Waals surface area contributed by atoms with Crippen LogP contribution in [0.3, 0.4) is 0 Å². The van der Waals surface area contributed by atoms with E-state index in [0.717, 1.165) is 0 Å². The van der Waals surface area contributed by atoms with Gasteiger partial charge in [0.25, 0.3) is 0 Å². The van der Waals surface area contributed by atoms with Crippen LogP contribution in [0.25, 0.3) is 0 Å². The van der Waals surface area contributed by atoms with Crippen LogP contribution in [0.2, 0.25) is 0 Å². The standard InChI is InChI=1S/C13H23NO6/c1-6-19-11(15)10(12(16)20-7-2)9(8-14(17)18)13(3,4)5/h9-10H,6-8H2,1-5H3/t9-/m1/s1. The minimum absolute atomic E-state index is 0.101. The molecule has 0 aromatic rings. The van der Waals surface area contributed by atoms with Crippen molar-refractivity contribution in [3.05, 3.63) is 10.1 Å². The van der Waals surface area contributed by atoms with Crippen molar-refractivity contribution in [3.8, 4) is 0 Å². The number of nitrogens with zero attached hydrogens (tertiary/aromatic N) is 1. The second kappa shape index (κ2) is 7.81. The summed E-state index contributed by atoms with van der Waals surface area (Å²) in [4.78, 5) is 34.3. The van der Waals surface area contributed by atoms with Crippen molar-refractivity contribution < 1.29 is 24.0 Å².